The summed E-state index contributed by atoms with van der Waals surface area (Å²) in [5.41, 5.74) is 0.227. The summed E-state index contributed by atoms with van der Waals surface area (Å²) < 4.78 is 44.4. The number of rotatable bonds is 5. The maximum absolute atomic E-state index is 13.0. The van der Waals surface area contributed by atoms with Crippen molar-refractivity contribution in [3.63, 3.8) is 0 Å². The molecule has 0 saturated heterocycles. The van der Waals surface area contributed by atoms with Crippen LogP contribution in [0, 0.1) is 0 Å². The van der Waals surface area contributed by atoms with Crippen LogP contribution in [0.25, 0.3) is 11.3 Å². The lowest BCUT2D eigenvalue weighted by atomic mass is 10.1. The Morgan fingerprint density at radius 2 is 1.82 bits per heavy atom. The van der Waals surface area contributed by atoms with Crippen molar-refractivity contribution in [1.29, 1.82) is 0 Å². The lowest BCUT2D eigenvalue weighted by Gasteiger charge is -2.13. The van der Waals surface area contributed by atoms with Crippen LogP contribution in [-0.2, 0) is 6.18 Å². The van der Waals surface area contributed by atoms with Crippen LogP contribution < -0.4 is 15.4 Å². The highest BCUT2D eigenvalue weighted by Crippen LogP contribution is 2.34. The molecule has 146 valence electrons. The van der Waals surface area contributed by atoms with E-state index in [4.69, 9.17) is 4.74 Å². The topological polar surface area (TPSA) is 63.2 Å². The first-order chi connectivity index (χ1) is 13.4. The van der Waals surface area contributed by atoms with Gasteiger partial charge in [-0.25, -0.2) is 9.78 Å². The third kappa shape index (κ3) is 4.80. The molecule has 1 aromatic heterocycles. The van der Waals surface area contributed by atoms with Gasteiger partial charge < -0.3 is 10.1 Å². The normalized spacial score (nSPS) is 11.1. The van der Waals surface area contributed by atoms with Crippen molar-refractivity contribution in [2.45, 2.75) is 13.1 Å². The number of para-hydroxylation sites is 1. The van der Waals surface area contributed by atoms with E-state index in [0.717, 1.165) is 17.4 Å². The van der Waals surface area contributed by atoms with Crippen LogP contribution in [0.4, 0.5) is 28.8 Å². The summed E-state index contributed by atoms with van der Waals surface area (Å²) in [6, 6.07) is 11.3. The number of ether oxygens (including phenoxy) is 1. The van der Waals surface area contributed by atoms with Crippen LogP contribution in [0.5, 0.6) is 5.75 Å². The summed E-state index contributed by atoms with van der Waals surface area (Å²) in [7, 11) is 0. The fourth-order valence-corrected chi connectivity index (χ4v) is 3.16. The number of aromatic nitrogens is 1. The molecule has 3 aromatic rings. The Bertz CT molecular complexity index is 956. The molecule has 0 saturated carbocycles. The Labute approximate surface area is 163 Å². The third-order valence-corrected chi connectivity index (χ3v) is 4.42. The number of amides is 2. The van der Waals surface area contributed by atoms with E-state index in [0.29, 0.717) is 12.3 Å². The highest BCUT2D eigenvalue weighted by molar-refractivity contribution is 7.14. The van der Waals surface area contributed by atoms with E-state index >= 15 is 0 Å². The summed E-state index contributed by atoms with van der Waals surface area (Å²) in [4.78, 5) is 16.4. The van der Waals surface area contributed by atoms with Gasteiger partial charge in [0.15, 0.2) is 5.13 Å². The maximum atomic E-state index is 13.0. The van der Waals surface area contributed by atoms with E-state index in [2.05, 4.69) is 15.6 Å². The summed E-state index contributed by atoms with van der Waals surface area (Å²) in [5.74, 6) is 0.738. The highest BCUT2D eigenvalue weighted by atomic mass is 32.1. The molecule has 0 atom stereocenters. The van der Waals surface area contributed by atoms with Crippen molar-refractivity contribution in [3.05, 3.63) is 59.5 Å². The number of anilines is 2. The van der Waals surface area contributed by atoms with E-state index in [1.54, 1.807) is 5.38 Å². The minimum absolute atomic E-state index is 0.269. The number of hydrogen-bond acceptors (Lipinski definition) is 4. The quantitative estimate of drug-likeness (QED) is 0.556. The maximum Gasteiger partial charge on any atom is 0.418 e. The van der Waals surface area contributed by atoms with E-state index < -0.39 is 17.8 Å². The standard InChI is InChI=1S/C19H16F3N3O2S/c1-2-27-13-9-7-12(8-10-13)16-11-28-18(24-16)25-17(26)23-15-6-4-3-5-14(15)19(20,21)22/h3-11H,2H2,1H3,(H2,23,24,25,26). The fraction of sp³-hybridized carbons (Fsp3) is 0.158. The van der Waals surface area contributed by atoms with Gasteiger partial charge in [0.2, 0.25) is 0 Å². The van der Waals surface area contributed by atoms with Gasteiger partial charge in [-0.1, -0.05) is 12.1 Å². The third-order valence-electron chi connectivity index (χ3n) is 3.67. The van der Waals surface area contributed by atoms with Crippen molar-refractivity contribution >= 4 is 28.2 Å². The van der Waals surface area contributed by atoms with Crippen LogP contribution in [-0.4, -0.2) is 17.6 Å². The van der Waals surface area contributed by atoms with Gasteiger partial charge in [0.1, 0.15) is 5.75 Å². The molecular weight excluding hydrogens is 391 g/mol. The molecule has 0 bridgehead atoms. The second kappa shape index (κ2) is 8.30. The summed E-state index contributed by atoms with van der Waals surface area (Å²) >= 11 is 1.17. The van der Waals surface area contributed by atoms with Crippen molar-refractivity contribution in [2.24, 2.45) is 0 Å². The van der Waals surface area contributed by atoms with Crippen molar-refractivity contribution in [3.8, 4) is 17.0 Å². The molecule has 0 spiro atoms. The Hall–Kier alpha value is -3.07. The summed E-state index contributed by atoms with van der Waals surface area (Å²) in [6.07, 6.45) is -4.56. The van der Waals surface area contributed by atoms with Crippen LogP contribution in [0.2, 0.25) is 0 Å². The Morgan fingerprint density at radius 1 is 1.11 bits per heavy atom. The molecule has 1 heterocycles. The fourth-order valence-electron chi connectivity index (χ4n) is 2.44. The molecule has 3 rings (SSSR count). The molecular formula is C19H16F3N3O2S. The van der Waals surface area contributed by atoms with Gasteiger partial charge in [0.25, 0.3) is 0 Å². The monoisotopic (exact) mass is 407 g/mol. The molecule has 0 aliphatic carbocycles. The zero-order chi connectivity index (χ0) is 20.1. The minimum atomic E-state index is -4.56. The zero-order valence-electron chi connectivity index (χ0n) is 14.7. The molecule has 28 heavy (non-hydrogen) atoms. The molecule has 0 fully saturated rings. The molecule has 0 aliphatic rings. The predicted molar refractivity (Wildman–Crippen MR) is 103 cm³/mol. The van der Waals surface area contributed by atoms with Gasteiger partial charge >= 0.3 is 12.2 Å². The smallest absolute Gasteiger partial charge is 0.418 e. The molecule has 5 nitrogen and oxygen atoms in total. The Morgan fingerprint density at radius 3 is 2.50 bits per heavy atom. The largest absolute Gasteiger partial charge is 0.494 e. The van der Waals surface area contributed by atoms with Crippen LogP contribution >= 0.6 is 11.3 Å². The first-order valence-electron chi connectivity index (χ1n) is 8.30. The lowest BCUT2D eigenvalue weighted by Crippen LogP contribution is -2.21. The molecule has 0 unspecified atom stereocenters. The number of alkyl halides is 3. The van der Waals surface area contributed by atoms with E-state index in [1.165, 1.54) is 29.5 Å². The highest BCUT2D eigenvalue weighted by Gasteiger charge is 2.33. The van der Waals surface area contributed by atoms with Gasteiger partial charge in [-0.15, -0.1) is 11.3 Å². The SMILES string of the molecule is CCOc1ccc(-c2csc(NC(=O)Nc3ccccc3C(F)(F)F)n2)cc1. The van der Waals surface area contributed by atoms with Crippen LogP contribution in [0.15, 0.2) is 53.9 Å². The lowest BCUT2D eigenvalue weighted by molar-refractivity contribution is -0.136. The van der Waals surface area contributed by atoms with Crippen molar-refractivity contribution in [1.82, 2.24) is 4.98 Å². The first-order valence-corrected chi connectivity index (χ1v) is 9.18. The van der Waals surface area contributed by atoms with Gasteiger partial charge in [-0.05, 0) is 43.3 Å². The number of halogens is 3. The number of benzene rings is 2. The number of urea groups is 1. The zero-order valence-corrected chi connectivity index (χ0v) is 15.5. The van der Waals surface area contributed by atoms with Gasteiger partial charge in [-0.2, -0.15) is 13.2 Å². The summed E-state index contributed by atoms with van der Waals surface area (Å²) in [6.45, 7) is 2.46. The number of thiazole rings is 1. The van der Waals surface area contributed by atoms with Crippen molar-refractivity contribution < 1.29 is 22.7 Å². The Kier molecular flexibility index (Phi) is 5.84. The number of nitrogens with zero attached hydrogens (tertiary/aromatic N) is 1. The molecule has 9 heteroatoms. The van der Waals surface area contributed by atoms with Crippen LogP contribution in [0.1, 0.15) is 12.5 Å². The van der Waals surface area contributed by atoms with Crippen molar-refractivity contribution in [2.75, 3.05) is 17.2 Å². The van der Waals surface area contributed by atoms with Crippen LogP contribution in [0.3, 0.4) is 0 Å². The van der Waals surface area contributed by atoms with Gasteiger partial charge in [0.05, 0.1) is 23.6 Å². The molecule has 2 aromatic carbocycles. The number of carbonyl (C=O) groups excluding carboxylic acids is 1. The Balaban J connectivity index is 1.68. The first kappa shape index (κ1) is 19.7. The summed E-state index contributed by atoms with van der Waals surface area (Å²) in [5, 5.41) is 6.69. The average Bonchev–Trinajstić information content (AvgIpc) is 3.10. The van der Waals surface area contributed by atoms with E-state index in [9.17, 15) is 18.0 Å². The second-order valence-electron chi connectivity index (χ2n) is 5.62. The molecule has 2 N–H and O–H groups in total. The second-order valence-corrected chi connectivity index (χ2v) is 6.48. The molecule has 2 amide bonds. The van der Waals surface area contributed by atoms with E-state index in [1.807, 2.05) is 31.2 Å². The molecule has 0 radical (unpaired) electrons. The number of hydrogen-bond donors (Lipinski definition) is 2. The molecule has 0 aliphatic heterocycles. The average molecular weight is 407 g/mol. The van der Waals surface area contributed by atoms with E-state index in [-0.39, 0.29) is 10.8 Å². The predicted octanol–water partition coefficient (Wildman–Crippen LogP) is 5.87. The number of carbonyl (C=O) groups is 1. The number of nitrogens with one attached hydrogen (secondary N) is 2. The van der Waals surface area contributed by atoms with Gasteiger partial charge in [-0.3, -0.25) is 5.32 Å². The minimum Gasteiger partial charge on any atom is -0.494 e. The van der Waals surface area contributed by atoms with Gasteiger partial charge in [0, 0.05) is 10.9 Å².